The summed E-state index contributed by atoms with van der Waals surface area (Å²) in [6, 6.07) is 1.67. The van der Waals surface area contributed by atoms with Crippen molar-refractivity contribution in [3.05, 3.63) is 34.0 Å². The molecule has 0 aliphatic carbocycles. The molecule has 7 heteroatoms. The Hall–Kier alpha value is -1.82. The van der Waals surface area contributed by atoms with E-state index in [9.17, 15) is 10.2 Å². The topological polar surface area (TPSA) is 128 Å². The molecule has 0 fully saturated rings. The Morgan fingerprint density at radius 3 is 2.88 bits per heavy atom. The quantitative estimate of drug-likeness (QED) is 0.402. The van der Waals surface area contributed by atoms with Gasteiger partial charge in [-0.25, -0.2) is 0 Å². The molecular formula is C10H15N5O2. The summed E-state index contributed by atoms with van der Waals surface area (Å²) in [6.07, 6.45) is -0.516. The van der Waals surface area contributed by atoms with Gasteiger partial charge in [0.1, 0.15) is 6.10 Å². The Kier molecular flexibility index (Phi) is 4.71. The average molecular weight is 237 g/mol. The van der Waals surface area contributed by atoms with E-state index in [1.807, 2.05) is 6.92 Å². The smallest absolute Gasteiger partial charge is 0.124 e. The number of azide groups is 1. The van der Waals surface area contributed by atoms with Gasteiger partial charge in [0.15, 0.2) is 0 Å². The fourth-order valence-corrected chi connectivity index (χ4v) is 1.42. The van der Waals surface area contributed by atoms with Crippen molar-refractivity contribution in [3.8, 4) is 0 Å². The van der Waals surface area contributed by atoms with Crippen LogP contribution in [0.4, 0.5) is 5.69 Å². The molecule has 0 amide bonds. The number of hydrogen-bond acceptors (Lipinski definition) is 5. The second-order valence-corrected chi connectivity index (χ2v) is 3.74. The highest BCUT2D eigenvalue weighted by Crippen LogP contribution is 2.23. The Bertz CT molecular complexity index is 431. The number of aryl methyl sites for hydroxylation is 1. The Morgan fingerprint density at radius 1 is 1.59 bits per heavy atom. The molecule has 0 aliphatic heterocycles. The van der Waals surface area contributed by atoms with E-state index in [1.165, 1.54) is 0 Å². The molecule has 0 saturated carbocycles. The molecular weight excluding hydrogens is 222 g/mol. The number of nitrogen functional groups attached to an aromatic ring is 1. The van der Waals surface area contributed by atoms with E-state index in [-0.39, 0.29) is 18.7 Å². The molecule has 0 spiro atoms. The normalized spacial score (nSPS) is 13.8. The fraction of sp³-hybridized carbons (Fsp3) is 0.500. The SMILES string of the molecule is Cc1cnc(C(O)C(O)CCN=[N+]=[N-])c(N)c1. The van der Waals surface area contributed by atoms with Gasteiger partial charge in [0.05, 0.1) is 17.5 Å². The van der Waals surface area contributed by atoms with Crippen LogP contribution in [-0.4, -0.2) is 27.8 Å². The van der Waals surface area contributed by atoms with Crippen LogP contribution in [0.3, 0.4) is 0 Å². The summed E-state index contributed by atoms with van der Waals surface area (Å²) in [6.45, 7) is 1.94. The van der Waals surface area contributed by atoms with E-state index in [4.69, 9.17) is 11.3 Å². The average Bonchev–Trinajstić information content (AvgIpc) is 2.28. The molecule has 0 radical (unpaired) electrons. The summed E-state index contributed by atoms with van der Waals surface area (Å²) >= 11 is 0. The lowest BCUT2D eigenvalue weighted by Gasteiger charge is -2.18. The first kappa shape index (κ1) is 13.2. The van der Waals surface area contributed by atoms with Crippen molar-refractivity contribution in [2.45, 2.75) is 25.6 Å². The molecule has 1 aromatic heterocycles. The van der Waals surface area contributed by atoms with Gasteiger partial charge in [-0.2, -0.15) is 0 Å². The summed E-state index contributed by atoms with van der Waals surface area (Å²) in [7, 11) is 0. The maximum atomic E-state index is 9.83. The molecule has 0 saturated heterocycles. The minimum Gasteiger partial charge on any atom is -0.397 e. The van der Waals surface area contributed by atoms with Crippen molar-refractivity contribution in [2.75, 3.05) is 12.3 Å². The molecule has 7 nitrogen and oxygen atoms in total. The Labute approximate surface area is 98.5 Å². The molecule has 0 bridgehead atoms. The van der Waals surface area contributed by atoms with Crippen LogP contribution in [-0.2, 0) is 0 Å². The molecule has 0 aliphatic rings. The van der Waals surface area contributed by atoms with Crippen LogP contribution in [0.5, 0.6) is 0 Å². The highest BCUT2D eigenvalue weighted by molar-refractivity contribution is 5.45. The summed E-state index contributed by atoms with van der Waals surface area (Å²) < 4.78 is 0. The lowest BCUT2D eigenvalue weighted by molar-refractivity contribution is 0.0130. The number of anilines is 1. The summed E-state index contributed by atoms with van der Waals surface area (Å²) in [5.41, 5.74) is 15.2. The molecule has 2 atom stereocenters. The van der Waals surface area contributed by atoms with E-state index in [0.29, 0.717) is 5.69 Å². The third-order valence-electron chi connectivity index (χ3n) is 2.32. The molecule has 2 unspecified atom stereocenters. The maximum Gasteiger partial charge on any atom is 0.124 e. The first-order valence-electron chi connectivity index (χ1n) is 5.15. The van der Waals surface area contributed by atoms with Crippen LogP contribution in [0.2, 0.25) is 0 Å². The molecule has 0 aromatic carbocycles. The lowest BCUT2D eigenvalue weighted by Crippen LogP contribution is -2.21. The van der Waals surface area contributed by atoms with Crippen LogP contribution in [0, 0.1) is 6.92 Å². The van der Waals surface area contributed by atoms with Gasteiger partial charge in [-0.15, -0.1) is 0 Å². The number of hydrogen-bond donors (Lipinski definition) is 3. The maximum absolute atomic E-state index is 9.83. The zero-order valence-corrected chi connectivity index (χ0v) is 9.48. The van der Waals surface area contributed by atoms with Crippen molar-refractivity contribution >= 4 is 5.69 Å². The van der Waals surface area contributed by atoms with Crippen LogP contribution < -0.4 is 5.73 Å². The molecule has 4 N–H and O–H groups in total. The van der Waals surface area contributed by atoms with Crippen LogP contribution in [0.25, 0.3) is 10.4 Å². The first-order chi connectivity index (χ1) is 8.06. The van der Waals surface area contributed by atoms with Crippen molar-refractivity contribution in [3.63, 3.8) is 0 Å². The predicted molar refractivity (Wildman–Crippen MR) is 63.0 cm³/mol. The van der Waals surface area contributed by atoms with E-state index < -0.39 is 12.2 Å². The monoisotopic (exact) mass is 237 g/mol. The highest BCUT2D eigenvalue weighted by Gasteiger charge is 2.21. The fourth-order valence-electron chi connectivity index (χ4n) is 1.42. The van der Waals surface area contributed by atoms with Crippen molar-refractivity contribution in [2.24, 2.45) is 5.11 Å². The summed E-state index contributed by atoms with van der Waals surface area (Å²) in [4.78, 5) is 6.55. The van der Waals surface area contributed by atoms with Crippen LogP contribution in [0.1, 0.15) is 23.8 Å². The minimum atomic E-state index is -1.18. The number of nitrogens with zero attached hydrogens (tertiary/aromatic N) is 4. The van der Waals surface area contributed by atoms with Gasteiger partial charge < -0.3 is 15.9 Å². The van der Waals surface area contributed by atoms with E-state index in [2.05, 4.69) is 15.0 Å². The van der Waals surface area contributed by atoms with Gasteiger partial charge >= 0.3 is 0 Å². The number of rotatable bonds is 5. The second-order valence-electron chi connectivity index (χ2n) is 3.74. The molecule has 17 heavy (non-hydrogen) atoms. The zero-order chi connectivity index (χ0) is 12.8. The number of nitrogens with two attached hydrogens (primary N) is 1. The molecule has 92 valence electrons. The summed E-state index contributed by atoms with van der Waals surface area (Å²) in [5, 5.41) is 22.8. The van der Waals surface area contributed by atoms with E-state index in [1.54, 1.807) is 12.3 Å². The zero-order valence-electron chi connectivity index (χ0n) is 9.48. The third-order valence-corrected chi connectivity index (χ3v) is 2.32. The van der Waals surface area contributed by atoms with Crippen LogP contribution in [0.15, 0.2) is 17.4 Å². The highest BCUT2D eigenvalue weighted by atomic mass is 16.3. The van der Waals surface area contributed by atoms with Gasteiger partial charge in [-0.05, 0) is 30.5 Å². The molecule has 1 rings (SSSR count). The number of aromatic nitrogens is 1. The van der Waals surface area contributed by atoms with Gasteiger partial charge in [-0.1, -0.05) is 5.11 Å². The van der Waals surface area contributed by atoms with Gasteiger partial charge in [0.2, 0.25) is 0 Å². The van der Waals surface area contributed by atoms with E-state index >= 15 is 0 Å². The van der Waals surface area contributed by atoms with Gasteiger partial charge in [0.25, 0.3) is 0 Å². The second kappa shape index (κ2) is 6.05. The molecule has 1 aromatic rings. The Morgan fingerprint density at radius 2 is 2.29 bits per heavy atom. The number of aliphatic hydroxyl groups excluding tert-OH is 2. The minimum absolute atomic E-state index is 0.112. The van der Waals surface area contributed by atoms with E-state index in [0.717, 1.165) is 5.56 Å². The predicted octanol–water partition coefficient (Wildman–Crippen LogP) is 1.07. The van der Waals surface area contributed by atoms with Crippen molar-refractivity contribution < 1.29 is 10.2 Å². The third kappa shape index (κ3) is 3.60. The summed E-state index contributed by atoms with van der Waals surface area (Å²) in [5.74, 6) is 0. The first-order valence-corrected chi connectivity index (χ1v) is 5.15. The molecule has 1 heterocycles. The number of pyridine rings is 1. The van der Waals surface area contributed by atoms with Crippen LogP contribution >= 0.6 is 0 Å². The Balaban J connectivity index is 2.73. The van der Waals surface area contributed by atoms with Crippen molar-refractivity contribution in [1.82, 2.24) is 4.98 Å². The van der Waals surface area contributed by atoms with Crippen molar-refractivity contribution in [1.29, 1.82) is 0 Å². The van der Waals surface area contributed by atoms with Gasteiger partial charge in [-0.3, -0.25) is 4.98 Å². The lowest BCUT2D eigenvalue weighted by atomic mass is 10.1. The standard InChI is InChI=1S/C10H15N5O2/c1-6-4-7(11)9(13-5-6)10(17)8(16)2-3-14-15-12/h4-5,8,10,16-17H,2-3,11H2,1H3. The van der Waals surface area contributed by atoms with Gasteiger partial charge in [0, 0.05) is 17.7 Å². The largest absolute Gasteiger partial charge is 0.397 e. The number of aliphatic hydroxyl groups is 2.